The second-order valence-electron chi connectivity index (χ2n) is 6.57. The minimum absolute atomic E-state index is 0.0910. The summed E-state index contributed by atoms with van der Waals surface area (Å²) in [6.45, 7) is 4.67. The lowest BCUT2D eigenvalue weighted by Gasteiger charge is -2.26. The predicted molar refractivity (Wildman–Crippen MR) is 101 cm³/mol. The van der Waals surface area contributed by atoms with Crippen LogP contribution in [0.4, 0.5) is 11.4 Å². The number of benzene rings is 2. The van der Waals surface area contributed by atoms with Crippen LogP contribution in [0.15, 0.2) is 42.5 Å². The topological polar surface area (TPSA) is 40.6 Å². The Morgan fingerprint density at radius 3 is 2.68 bits per heavy atom. The third-order valence-corrected chi connectivity index (χ3v) is 4.77. The van der Waals surface area contributed by atoms with Gasteiger partial charge in [-0.2, -0.15) is 0 Å². The number of likely N-dealkylation sites (N-methyl/N-ethyl adjacent to an activating group) is 1. The van der Waals surface area contributed by atoms with Crippen LogP contribution in [-0.2, 0) is 22.4 Å². The summed E-state index contributed by atoms with van der Waals surface area (Å²) in [5.41, 5.74) is 5.18. The van der Waals surface area contributed by atoms with Crippen LogP contribution >= 0.6 is 0 Å². The van der Waals surface area contributed by atoms with Gasteiger partial charge in [0.15, 0.2) is 0 Å². The number of fused-ring (bicyclic) bond motifs is 1. The van der Waals surface area contributed by atoms with Gasteiger partial charge < -0.3 is 9.80 Å². The Kier molecular flexibility index (Phi) is 4.88. The highest BCUT2D eigenvalue weighted by atomic mass is 16.2. The smallest absolute Gasteiger partial charge is 0.231 e. The molecule has 1 heterocycles. The molecule has 4 nitrogen and oxygen atoms in total. The number of amides is 2. The van der Waals surface area contributed by atoms with Crippen molar-refractivity contribution >= 4 is 23.2 Å². The van der Waals surface area contributed by atoms with Gasteiger partial charge >= 0.3 is 0 Å². The molecule has 0 aromatic heterocycles. The second kappa shape index (κ2) is 7.09. The maximum absolute atomic E-state index is 12.8. The van der Waals surface area contributed by atoms with Crippen LogP contribution < -0.4 is 9.80 Å². The van der Waals surface area contributed by atoms with Crippen LogP contribution in [0.5, 0.6) is 0 Å². The fourth-order valence-corrected chi connectivity index (χ4v) is 3.39. The van der Waals surface area contributed by atoms with E-state index in [2.05, 4.69) is 6.07 Å². The van der Waals surface area contributed by atoms with Crippen molar-refractivity contribution < 1.29 is 9.59 Å². The molecule has 0 saturated carbocycles. The Morgan fingerprint density at radius 1 is 1.16 bits per heavy atom. The lowest BCUT2D eigenvalue weighted by atomic mass is 9.98. The average molecular weight is 336 g/mol. The normalized spacial score (nSPS) is 13.6. The van der Waals surface area contributed by atoms with Gasteiger partial charge in [-0.25, -0.2) is 0 Å². The maximum Gasteiger partial charge on any atom is 0.231 e. The van der Waals surface area contributed by atoms with Gasteiger partial charge in [0.2, 0.25) is 11.8 Å². The van der Waals surface area contributed by atoms with Gasteiger partial charge in [0, 0.05) is 31.4 Å². The molecule has 130 valence electrons. The number of anilines is 2. The minimum Gasteiger partial charge on any atom is -0.315 e. The van der Waals surface area contributed by atoms with Crippen LogP contribution in [0.2, 0.25) is 0 Å². The highest BCUT2D eigenvalue weighted by molar-refractivity contribution is 5.97. The fraction of sp³-hybridized carbons (Fsp3) is 0.333. The molecule has 3 rings (SSSR count). The molecule has 1 aliphatic heterocycles. The molecule has 0 spiro atoms. The molecule has 0 radical (unpaired) electrons. The Labute approximate surface area is 149 Å². The summed E-state index contributed by atoms with van der Waals surface area (Å²) in [5.74, 6) is 0.237. The lowest BCUT2D eigenvalue weighted by molar-refractivity contribution is -0.119. The third-order valence-electron chi connectivity index (χ3n) is 4.77. The molecule has 0 fully saturated rings. The number of carbonyl (C=O) groups is 2. The van der Waals surface area contributed by atoms with Crippen LogP contribution in [0.3, 0.4) is 0 Å². The molecule has 0 N–H and O–H groups in total. The number of carbonyl (C=O) groups excluding carboxylic acids is 2. The highest BCUT2D eigenvalue weighted by Crippen LogP contribution is 2.28. The Bertz CT molecular complexity index is 813. The van der Waals surface area contributed by atoms with Gasteiger partial charge in [0.1, 0.15) is 0 Å². The van der Waals surface area contributed by atoms with Crippen LogP contribution in [0.25, 0.3) is 0 Å². The first kappa shape index (κ1) is 17.2. The summed E-state index contributed by atoms with van der Waals surface area (Å²) in [7, 11) is 1.81. The molecule has 2 aromatic rings. The Morgan fingerprint density at radius 2 is 1.96 bits per heavy atom. The SMILES string of the molecule is CCN(C(=O)Cc1ccc2c(c1)CCC(=O)N2C)c1cccc(C)c1. The van der Waals surface area contributed by atoms with Crippen molar-refractivity contribution in [2.75, 3.05) is 23.4 Å². The molecule has 0 saturated heterocycles. The van der Waals surface area contributed by atoms with Gasteiger partial charge in [-0.15, -0.1) is 0 Å². The second-order valence-corrected chi connectivity index (χ2v) is 6.57. The summed E-state index contributed by atoms with van der Waals surface area (Å²) in [6, 6.07) is 14.0. The van der Waals surface area contributed by atoms with Crippen LogP contribution in [0.1, 0.15) is 30.0 Å². The number of nitrogens with zero attached hydrogens (tertiary/aromatic N) is 2. The van der Waals surface area contributed by atoms with Gasteiger partial charge in [-0.05, 0) is 55.2 Å². The largest absolute Gasteiger partial charge is 0.315 e. The molecular formula is C21H24N2O2. The summed E-state index contributed by atoms with van der Waals surface area (Å²) < 4.78 is 0. The molecule has 25 heavy (non-hydrogen) atoms. The van der Waals surface area contributed by atoms with Crippen molar-refractivity contribution in [2.24, 2.45) is 0 Å². The van der Waals surface area contributed by atoms with Crippen LogP contribution in [-0.4, -0.2) is 25.4 Å². The molecule has 0 bridgehead atoms. The molecule has 0 unspecified atom stereocenters. The standard InChI is InChI=1S/C21H24N2O2/c1-4-23(18-7-5-6-15(2)12-18)21(25)14-16-8-10-19-17(13-16)9-11-20(24)22(19)3/h5-8,10,12-13H,4,9,11,14H2,1-3H3. The maximum atomic E-state index is 12.8. The van der Waals surface area contributed by atoms with Crippen molar-refractivity contribution in [3.63, 3.8) is 0 Å². The molecule has 4 heteroatoms. The van der Waals surface area contributed by atoms with Crippen LogP contribution in [0, 0.1) is 6.92 Å². The van der Waals surface area contributed by atoms with E-state index in [0.29, 0.717) is 19.4 Å². The molecule has 2 amide bonds. The summed E-state index contributed by atoms with van der Waals surface area (Å²) in [4.78, 5) is 28.1. The molecule has 2 aromatic carbocycles. The summed E-state index contributed by atoms with van der Waals surface area (Å²) in [6.07, 6.45) is 1.65. The molecule has 0 aliphatic carbocycles. The Hall–Kier alpha value is -2.62. The van der Waals surface area contributed by atoms with Gasteiger partial charge in [0.05, 0.1) is 6.42 Å². The third kappa shape index (κ3) is 3.58. The van der Waals surface area contributed by atoms with E-state index in [1.165, 1.54) is 0 Å². The highest BCUT2D eigenvalue weighted by Gasteiger charge is 2.22. The fourth-order valence-electron chi connectivity index (χ4n) is 3.39. The first-order valence-corrected chi connectivity index (χ1v) is 8.75. The minimum atomic E-state index is 0.0910. The van der Waals surface area contributed by atoms with E-state index in [4.69, 9.17) is 0 Å². The van der Waals surface area contributed by atoms with E-state index >= 15 is 0 Å². The quantitative estimate of drug-likeness (QED) is 0.857. The Balaban J connectivity index is 1.79. The first-order valence-electron chi connectivity index (χ1n) is 8.75. The zero-order chi connectivity index (χ0) is 18.0. The monoisotopic (exact) mass is 336 g/mol. The van der Waals surface area contributed by atoms with Gasteiger partial charge in [-0.1, -0.05) is 24.3 Å². The number of rotatable bonds is 4. The number of hydrogen-bond donors (Lipinski definition) is 0. The van der Waals surface area contributed by atoms with Crippen molar-refractivity contribution in [1.29, 1.82) is 0 Å². The number of aryl methyl sites for hydroxylation is 2. The van der Waals surface area contributed by atoms with E-state index < -0.39 is 0 Å². The molecule has 0 atom stereocenters. The molecular weight excluding hydrogens is 312 g/mol. The molecule has 1 aliphatic rings. The predicted octanol–water partition coefficient (Wildman–Crippen LogP) is 3.50. The zero-order valence-electron chi connectivity index (χ0n) is 15.1. The number of hydrogen-bond acceptors (Lipinski definition) is 2. The van der Waals surface area contributed by atoms with Crippen molar-refractivity contribution in [3.05, 3.63) is 59.2 Å². The first-order chi connectivity index (χ1) is 12.0. The van der Waals surface area contributed by atoms with Crippen molar-refractivity contribution in [1.82, 2.24) is 0 Å². The van der Waals surface area contributed by atoms with E-state index in [1.54, 1.807) is 4.90 Å². The van der Waals surface area contributed by atoms with Crippen molar-refractivity contribution in [3.8, 4) is 0 Å². The van der Waals surface area contributed by atoms with Gasteiger partial charge in [-0.3, -0.25) is 9.59 Å². The lowest BCUT2D eigenvalue weighted by Crippen LogP contribution is -2.32. The zero-order valence-corrected chi connectivity index (χ0v) is 15.1. The van der Waals surface area contributed by atoms with E-state index in [-0.39, 0.29) is 11.8 Å². The van der Waals surface area contributed by atoms with E-state index in [1.807, 2.05) is 62.2 Å². The average Bonchev–Trinajstić information content (AvgIpc) is 2.59. The summed E-state index contributed by atoms with van der Waals surface area (Å²) >= 11 is 0. The van der Waals surface area contributed by atoms with E-state index in [0.717, 1.165) is 34.5 Å². The van der Waals surface area contributed by atoms with Crippen molar-refractivity contribution in [2.45, 2.75) is 33.1 Å². The van der Waals surface area contributed by atoms with Gasteiger partial charge in [0.25, 0.3) is 0 Å². The van der Waals surface area contributed by atoms with E-state index in [9.17, 15) is 9.59 Å². The summed E-state index contributed by atoms with van der Waals surface area (Å²) in [5, 5.41) is 0.